The zero-order valence-electron chi connectivity index (χ0n) is 17.8. The first-order chi connectivity index (χ1) is 14.4. The van der Waals surface area contributed by atoms with E-state index in [-0.39, 0.29) is 16.9 Å². The van der Waals surface area contributed by atoms with Crippen molar-refractivity contribution in [3.63, 3.8) is 0 Å². The number of halogens is 1. The first kappa shape index (κ1) is 20.0. The normalized spacial score (nSPS) is 31.7. The molecule has 1 heterocycles. The number of anilines is 2. The molecule has 1 aromatic carbocycles. The molecule has 2 aromatic rings. The van der Waals surface area contributed by atoms with Crippen LogP contribution in [0.1, 0.15) is 52.4 Å². The van der Waals surface area contributed by atoms with Crippen LogP contribution in [-0.2, 0) is 10.3 Å². The van der Waals surface area contributed by atoms with Crippen molar-refractivity contribution < 1.29 is 4.79 Å². The fourth-order valence-corrected chi connectivity index (χ4v) is 7.09. The third-order valence-electron chi connectivity index (χ3n) is 7.72. The summed E-state index contributed by atoms with van der Waals surface area (Å²) in [4.78, 5) is 20.2. The second-order valence-corrected chi connectivity index (χ2v) is 10.3. The standard InChI is InChI=1S/C23H30BrN5O/c1-3-28(4-2)19-7-5-18(6-8-19)26-20(30)22-10-16-9-17(11-22)13-23(12-16,14-22)29-15-25-21(24)27-29/h5-8,15-17H,3-4,9-14H2,1-2H3,(H,26,30). The van der Waals surface area contributed by atoms with E-state index in [0.717, 1.165) is 50.9 Å². The van der Waals surface area contributed by atoms with E-state index >= 15 is 0 Å². The molecule has 7 heteroatoms. The number of nitrogens with one attached hydrogen (secondary N) is 1. The van der Waals surface area contributed by atoms with E-state index in [1.54, 1.807) is 0 Å². The molecule has 160 valence electrons. The van der Waals surface area contributed by atoms with E-state index < -0.39 is 0 Å². The minimum absolute atomic E-state index is 0.0624. The summed E-state index contributed by atoms with van der Waals surface area (Å²) in [7, 11) is 0. The molecule has 4 aliphatic carbocycles. The molecular weight excluding hydrogens is 442 g/mol. The van der Waals surface area contributed by atoms with Crippen LogP contribution in [0.15, 0.2) is 35.3 Å². The van der Waals surface area contributed by atoms with E-state index in [9.17, 15) is 4.79 Å². The topological polar surface area (TPSA) is 63.1 Å². The molecular formula is C23H30BrN5O. The SMILES string of the molecule is CCN(CC)c1ccc(NC(=O)C23CC4CC(C2)CC(n2cnc(Br)n2)(C4)C3)cc1. The van der Waals surface area contributed by atoms with Gasteiger partial charge < -0.3 is 10.2 Å². The molecule has 4 fully saturated rings. The molecule has 0 aliphatic heterocycles. The summed E-state index contributed by atoms with van der Waals surface area (Å²) in [5, 5.41) is 7.87. The maximum Gasteiger partial charge on any atom is 0.230 e. The van der Waals surface area contributed by atoms with Gasteiger partial charge in [0, 0.05) is 24.5 Å². The van der Waals surface area contributed by atoms with Crippen molar-refractivity contribution in [2.24, 2.45) is 17.3 Å². The Labute approximate surface area is 186 Å². The van der Waals surface area contributed by atoms with Crippen LogP contribution in [0.2, 0.25) is 0 Å². The smallest absolute Gasteiger partial charge is 0.230 e. The molecule has 30 heavy (non-hydrogen) atoms. The van der Waals surface area contributed by atoms with E-state index in [0.29, 0.717) is 16.6 Å². The van der Waals surface area contributed by atoms with Crippen molar-refractivity contribution in [3.8, 4) is 0 Å². The molecule has 2 unspecified atom stereocenters. The maximum absolute atomic E-state index is 13.6. The molecule has 6 nitrogen and oxygen atoms in total. The van der Waals surface area contributed by atoms with Gasteiger partial charge in [-0.1, -0.05) is 0 Å². The third-order valence-corrected chi connectivity index (χ3v) is 8.08. The second-order valence-electron chi connectivity index (χ2n) is 9.60. The van der Waals surface area contributed by atoms with E-state index in [2.05, 4.69) is 66.9 Å². The molecule has 0 saturated heterocycles. The molecule has 2 atom stereocenters. The summed E-state index contributed by atoms with van der Waals surface area (Å²) in [5.41, 5.74) is 1.74. The van der Waals surface area contributed by atoms with Crippen LogP contribution in [-0.4, -0.2) is 33.8 Å². The number of rotatable bonds is 6. The summed E-state index contributed by atoms with van der Waals surface area (Å²) in [5.74, 6) is 1.39. The summed E-state index contributed by atoms with van der Waals surface area (Å²) in [6, 6.07) is 8.29. The van der Waals surface area contributed by atoms with Gasteiger partial charge in [0.05, 0.1) is 11.0 Å². The molecule has 4 bridgehead atoms. The van der Waals surface area contributed by atoms with E-state index in [1.165, 1.54) is 12.1 Å². The lowest BCUT2D eigenvalue weighted by molar-refractivity contribution is -0.150. The van der Waals surface area contributed by atoms with Crippen LogP contribution in [0.5, 0.6) is 0 Å². The second kappa shape index (κ2) is 7.36. The Hall–Kier alpha value is -1.89. The molecule has 6 rings (SSSR count). The van der Waals surface area contributed by atoms with Gasteiger partial charge in [-0.2, -0.15) is 0 Å². The molecule has 1 amide bonds. The summed E-state index contributed by atoms with van der Waals surface area (Å²) in [6.07, 6.45) is 8.21. The van der Waals surface area contributed by atoms with Crippen molar-refractivity contribution in [1.29, 1.82) is 0 Å². The van der Waals surface area contributed by atoms with Gasteiger partial charge in [-0.25, -0.2) is 9.67 Å². The number of carbonyl (C=O) groups excluding carboxylic acids is 1. The van der Waals surface area contributed by atoms with Crippen molar-refractivity contribution in [2.75, 3.05) is 23.3 Å². The highest BCUT2D eigenvalue weighted by atomic mass is 79.9. The van der Waals surface area contributed by atoms with E-state index in [1.807, 2.05) is 18.5 Å². The fraction of sp³-hybridized carbons (Fsp3) is 0.609. The predicted molar refractivity (Wildman–Crippen MR) is 121 cm³/mol. The van der Waals surface area contributed by atoms with Gasteiger partial charge in [-0.3, -0.25) is 4.79 Å². The summed E-state index contributed by atoms with van der Waals surface area (Å²) in [6.45, 7) is 6.29. The van der Waals surface area contributed by atoms with Crippen LogP contribution in [0.4, 0.5) is 11.4 Å². The van der Waals surface area contributed by atoms with Crippen LogP contribution in [0.3, 0.4) is 0 Å². The number of hydrogen-bond acceptors (Lipinski definition) is 4. The Morgan fingerprint density at radius 2 is 1.83 bits per heavy atom. The average molecular weight is 472 g/mol. The Kier molecular flexibility index (Phi) is 4.92. The monoisotopic (exact) mass is 471 g/mol. The van der Waals surface area contributed by atoms with Crippen LogP contribution in [0.25, 0.3) is 0 Å². The van der Waals surface area contributed by atoms with Crippen LogP contribution >= 0.6 is 15.9 Å². The number of aromatic nitrogens is 3. The Balaban J connectivity index is 1.38. The van der Waals surface area contributed by atoms with Crippen molar-refractivity contribution in [3.05, 3.63) is 35.3 Å². The lowest BCUT2D eigenvalue weighted by Gasteiger charge is -2.60. The summed E-state index contributed by atoms with van der Waals surface area (Å²) < 4.78 is 2.68. The number of hydrogen-bond donors (Lipinski definition) is 1. The molecule has 0 spiro atoms. The fourth-order valence-electron chi connectivity index (χ4n) is 6.83. The largest absolute Gasteiger partial charge is 0.372 e. The zero-order valence-corrected chi connectivity index (χ0v) is 19.4. The third kappa shape index (κ3) is 3.26. The number of nitrogens with zero attached hydrogens (tertiary/aromatic N) is 4. The number of amides is 1. The van der Waals surface area contributed by atoms with Gasteiger partial charge in [0.25, 0.3) is 0 Å². The quantitative estimate of drug-likeness (QED) is 0.655. The van der Waals surface area contributed by atoms with Crippen LogP contribution < -0.4 is 10.2 Å². The molecule has 1 aromatic heterocycles. The lowest BCUT2D eigenvalue weighted by Crippen LogP contribution is -2.60. The molecule has 4 aliphatic rings. The van der Waals surface area contributed by atoms with E-state index in [4.69, 9.17) is 0 Å². The lowest BCUT2D eigenvalue weighted by atomic mass is 9.46. The Bertz CT molecular complexity index is 921. The first-order valence-electron chi connectivity index (χ1n) is 11.2. The Morgan fingerprint density at radius 3 is 2.40 bits per heavy atom. The van der Waals surface area contributed by atoms with Gasteiger partial charge in [0.15, 0.2) is 0 Å². The Morgan fingerprint density at radius 1 is 1.17 bits per heavy atom. The number of benzene rings is 1. The van der Waals surface area contributed by atoms with Crippen molar-refractivity contribution in [2.45, 2.75) is 57.9 Å². The highest BCUT2D eigenvalue weighted by Gasteiger charge is 2.61. The minimum Gasteiger partial charge on any atom is -0.372 e. The van der Waals surface area contributed by atoms with Gasteiger partial charge in [0.1, 0.15) is 6.33 Å². The van der Waals surface area contributed by atoms with Gasteiger partial charge >= 0.3 is 0 Å². The molecule has 1 N–H and O–H groups in total. The highest BCUT2D eigenvalue weighted by molar-refractivity contribution is 9.10. The highest BCUT2D eigenvalue weighted by Crippen LogP contribution is 2.64. The summed E-state index contributed by atoms with van der Waals surface area (Å²) >= 11 is 3.40. The van der Waals surface area contributed by atoms with Gasteiger partial charge in [-0.15, -0.1) is 5.10 Å². The van der Waals surface area contributed by atoms with Crippen molar-refractivity contribution >= 4 is 33.2 Å². The minimum atomic E-state index is -0.292. The maximum atomic E-state index is 13.6. The van der Waals surface area contributed by atoms with Gasteiger partial charge in [0.2, 0.25) is 10.6 Å². The molecule has 0 radical (unpaired) electrons. The molecule has 4 saturated carbocycles. The first-order valence-corrected chi connectivity index (χ1v) is 12.0. The predicted octanol–water partition coefficient (Wildman–Crippen LogP) is 4.82. The average Bonchev–Trinajstić information content (AvgIpc) is 3.16. The van der Waals surface area contributed by atoms with Gasteiger partial charge in [-0.05, 0) is 104 Å². The zero-order chi connectivity index (χ0) is 20.9. The number of carbonyl (C=O) groups is 1. The van der Waals surface area contributed by atoms with Crippen LogP contribution in [0, 0.1) is 17.3 Å². The van der Waals surface area contributed by atoms with Crippen molar-refractivity contribution in [1.82, 2.24) is 14.8 Å².